The first-order valence-electron chi connectivity index (χ1n) is 12.7. The molecule has 8 nitrogen and oxygen atoms in total. The number of carbonyl (C=O) groups excluding carboxylic acids is 2. The van der Waals surface area contributed by atoms with Crippen molar-refractivity contribution in [2.75, 3.05) is 26.2 Å². The summed E-state index contributed by atoms with van der Waals surface area (Å²) < 4.78 is 5.70. The highest BCUT2D eigenvalue weighted by Gasteiger charge is 2.55. The van der Waals surface area contributed by atoms with E-state index in [4.69, 9.17) is 14.7 Å². The van der Waals surface area contributed by atoms with E-state index >= 15 is 0 Å². The molecule has 0 spiro atoms. The molecule has 8 heteroatoms. The van der Waals surface area contributed by atoms with Gasteiger partial charge in [0.15, 0.2) is 0 Å². The fraction of sp³-hybridized carbons (Fsp3) is 0.615. The van der Waals surface area contributed by atoms with E-state index in [1.165, 1.54) is 4.90 Å². The second kappa shape index (κ2) is 9.58. The van der Waals surface area contributed by atoms with Crippen LogP contribution in [0.2, 0.25) is 0 Å². The quantitative estimate of drug-likeness (QED) is 0.631. The number of hydrogen-bond acceptors (Lipinski definition) is 6. The number of nitrogens with one attached hydrogen (secondary N) is 1. The zero-order chi connectivity index (χ0) is 23.7. The minimum absolute atomic E-state index is 0.0275. The van der Waals surface area contributed by atoms with Crippen molar-refractivity contribution in [3.05, 3.63) is 35.7 Å². The lowest BCUT2D eigenvalue weighted by molar-refractivity contribution is -0.135. The van der Waals surface area contributed by atoms with Crippen molar-refractivity contribution in [1.29, 1.82) is 0 Å². The summed E-state index contributed by atoms with van der Waals surface area (Å²) in [6.45, 7) is 7.69. The van der Waals surface area contributed by atoms with Crippen LogP contribution < -0.4 is 5.32 Å². The van der Waals surface area contributed by atoms with Gasteiger partial charge in [-0.3, -0.25) is 14.6 Å². The number of urea groups is 1. The average Bonchev–Trinajstić information content (AvgIpc) is 3.43. The molecule has 0 bridgehead atoms. The van der Waals surface area contributed by atoms with E-state index in [1.54, 1.807) is 0 Å². The first-order valence-corrected chi connectivity index (χ1v) is 12.7. The molecule has 0 saturated carbocycles. The predicted molar refractivity (Wildman–Crippen MR) is 129 cm³/mol. The maximum atomic E-state index is 13.6. The van der Waals surface area contributed by atoms with Crippen LogP contribution in [0.4, 0.5) is 4.79 Å². The van der Waals surface area contributed by atoms with Crippen LogP contribution in [0.5, 0.6) is 0 Å². The summed E-state index contributed by atoms with van der Waals surface area (Å²) >= 11 is 0. The van der Waals surface area contributed by atoms with Gasteiger partial charge in [-0.25, -0.2) is 14.8 Å². The van der Waals surface area contributed by atoms with Crippen molar-refractivity contribution in [2.24, 2.45) is 5.92 Å². The SMILES string of the molecule is CCCC1(C2CCN(Cc3nc4ccccc4nc3C)CC2)NC(=O)N(CC2CCCO2)C1=O. The monoisotopic (exact) mass is 465 g/mol. The van der Waals surface area contributed by atoms with E-state index in [0.717, 1.165) is 74.2 Å². The molecule has 0 aliphatic carbocycles. The Kier molecular flexibility index (Phi) is 6.53. The molecule has 3 amide bonds. The van der Waals surface area contributed by atoms with E-state index in [2.05, 4.69) is 17.1 Å². The van der Waals surface area contributed by atoms with Gasteiger partial charge in [0.2, 0.25) is 0 Å². The molecule has 3 aliphatic heterocycles. The fourth-order valence-corrected chi connectivity index (χ4v) is 5.92. The molecule has 1 N–H and O–H groups in total. The Hall–Kier alpha value is -2.58. The lowest BCUT2D eigenvalue weighted by Gasteiger charge is -2.41. The number of imide groups is 1. The van der Waals surface area contributed by atoms with Crippen LogP contribution in [-0.2, 0) is 16.1 Å². The van der Waals surface area contributed by atoms with Crippen molar-refractivity contribution < 1.29 is 14.3 Å². The fourth-order valence-electron chi connectivity index (χ4n) is 5.92. The van der Waals surface area contributed by atoms with Gasteiger partial charge in [-0.2, -0.15) is 0 Å². The van der Waals surface area contributed by atoms with Gasteiger partial charge in [0, 0.05) is 13.2 Å². The molecule has 3 aliphatic rings. The molecule has 1 aromatic carbocycles. The van der Waals surface area contributed by atoms with Crippen molar-refractivity contribution >= 4 is 23.0 Å². The van der Waals surface area contributed by atoms with Gasteiger partial charge in [0.1, 0.15) is 5.54 Å². The van der Waals surface area contributed by atoms with Gasteiger partial charge in [0.05, 0.1) is 35.1 Å². The highest BCUT2D eigenvalue weighted by atomic mass is 16.5. The van der Waals surface area contributed by atoms with Gasteiger partial charge in [-0.15, -0.1) is 0 Å². The average molecular weight is 466 g/mol. The second-order valence-corrected chi connectivity index (χ2v) is 10.00. The number of piperidine rings is 1. The molecule has 34 heavy (non-hydrogen) atoms. The molecular formula is C26H35N5O3. The Balaban J connectivity index is 1.26. The Morgan fingerprint density at radius 1 is 1.12 bits per heavy atom. The van der Waals surface area contributed by atoms with E-state index < -0.39 is 5.54 Å². The van der Waals surface area contributed by atoms with Crippen molar-refractivity contribution in [3.8, 4) is 0 Å². The maximum absolute atomic E-state index is 13.6. The van der Waals surface area contributed by atoms with Crippen LogP contribution in [0.3, 0.4) is 0 Å². The van der Waals surface area contributed by atoms with E-state index in [1.807, 2.05) is 31.2 Å². The highest BCUT2D eigenvalue weighted by Crippen LogP contribution is 2.37. The standard InChI is InChI=1S/C26H35N5O3/c1-3-12-26(24(32)31(25(33)29-26)16-20-7-6-15-34-20)19-10-13-30(14-11-19)17-23-18(2)27-21-8-4-5-9-22(21)28-23/h4-5,8-9,19-20H,3,6-7,10-17H2,1-2H3,(H,29,33). The zero-order valence-corrected chi connectivity index (χ0v) is 20.3. The summed E-state index contributed by atoms with van der Waals surface area (Å²) in [7, 11) is 0. The first-order chi connectivity index (χ1) is 16.5. The van der Waals surface area contributed by atoms with Crippen molar-refractivity contribution in [3.63, 3.8) is 0 Å². The Morgan fingerprint density at radius 3 is 2.53 bits per heavy atom. The van der Waals surface area contributed by atoms with E-state index in [9.17, 15) is 9.59 Å². The largest absolute Gasteiger partial charge is 0.376 e. The zero-order valence-electron chi connectivity index (χ0n) is 20.3. The number of likely N-dealkylation sites (tertiary alicyclic amines) is 1. The van der Waals surface area contributed by atoms with Gasteiger partial charge >= 0.3 is 6.03 Å². The predicted octanol–water partition coefficient (Wildman–Crippen LogP) is 3.42. The number of carbonyl (C=O) groups is 2. The summed E-state index contributed by atoms with van der Waals surface area (Å²) in [6, 6.07) is 7.72. The molecule has 2 unspecified atom stereocenters. The van der Waals surface area contributed by atoms with Crippen LogP contribution in [-0.4, -0.2) is 69.6 Å². The summed E-state index contributed by atoms with van der Waals surface area (Å²) in [5, 5.41) is 3.15. The lowest BCUT2D eigenvalue weighted by atomic mass is 9.74. The summed E-state index contributed by atoms with van der Waals surface area (Å²) in [5.74, 6) is 0.0861. The summed E-state index contributed by atoms with van der Waals surface area (Å²) in [4.78, 5) is 39.9. The molecule has 1 aromatic heterocycles. The number of fused-ring (bicyclic) bond motifs is 1. The van der Waals surface area contributed by atoms with Gasteiger partial charge in [0.25, 0.3) is 5.91 Å². The van der Waals surface area contributed by atoms with E-state index in [-0.39, 0.29) is 24.0 Å². The lowest BCUT2D eigenvalue weighted by Crippen LogP contribution is -2.56. The van der Waals surface area contributed by atoms with Gasteiger partial charge in [-0.1, -0.05) is 25.5 Å². The van der Waals surface area contributed by atoms with Crippen LogP contribution >= 0.6 is 0 Å². The number of nitrogens with zero attached hydrogens (tertiary/aromatic N) is 4. The third-order valence-electron chi connectivity index (χ3n) is 7.76. The minimum atomic E-state index is -0.783. The Labute approximate surface area is 201 Å². The topological polar surface area (TPSA) is 87.7 Å². The molecule has 0 radical (unpaired) electrons. The summed E-state index contributed by atoms with van der Waals surface area (Å²) in [5.41, 5.74) is 3.03. The number of ether oxygens (including phenoxy) is 1. The molecule has 2 atom stereocenters. The minimum Gasteiger partial charge on any atom is -0.376 e. The van der Waals surface area contributed by atoms with Gasteiger partial charge < -0.3 is 10.1 Å². The molecule has 3 fully saturated rings. The molecule has 2 aromatic rings. The number of aryl methyl sites for hydroxylation is 1. The van der Waals surface area contributed by atoms with E-state index in [0.29, 0.717) is 19.6 Å². The van der Waals surface area contributed by atoms with Crippen molar-refractivity contribution in [2.45, 2.75) is 70.6 Å². The molecule has 4 heterocycles. The first kappa shape index (κ1) is 23.2. The number of para-hydroxylation sites is 2. The highest BCUT2D eigenvalue weighted by molar-refractivity contribution is 6.07. The van der Waals surface area contributed by atoms with Crippen LogP contribution in [0, 0.1) is 12.8 Å². The summed E-state index contributed by atoms with van der Waals surface area (Å²) in [6.07, 6.45) is 5.16. The van der Waals surface area contributed by atoms with Gasteiger partial charge in [-0.05, 0) is 70.2 Å². The number of benzene rings is 1. The number of rotatable bonds is 7. The third kappa shape index (κ3) is 4.29. The number of aromatic nitrogens is 2. The smallest absolute Gasteiger partial charge is 0.325 e. The van der Waals surface area contributed by atoms with Crippen LogP contribution in [0.25, 0.3) is 11.0 Å². The Morgan fingerprint density at radius 2 is 1.85 bits per heavy atom. The van der Waals surface area contributed by atoms with Crippen LogP contribution in [0.15, 0.2) is 24.3 Å². The molecule has 5 rings (SSSR count). The second-order valence-electron chi connectivity index (χ2n) is 10.00. The maximum Gasteiger partial charge on any atom is 0.325 e. The molecular weight excluding hydrogens is 430 g/mol. The normalized spacial score (nSPS) is 26.5. The molecule has 182 valence electrons. The van der Waals surface area contributed by atoms with Crippen molar-refractivity contribution in [1.82, 2.24) is 25.1 Å². The van der Waals surface area contributed by atoms with Crippen LogP contribution in [0.1, 0.15) is 56.8 Å². The Bertz CT molecular complexity index is 1060. The molecule has 3 saturated heterocycles. The third-order valence-corrected chi connectivity index (χ3v) is 7.76. The number of hydrogen-bond donors (Lipinski definition) is 1. The number of amides is 3.